The number of benzene rings is 2. The Morgan fingerprint density at radius 3 is 2.80 bits per heavy atom. The zero-order valence-corrected chi connectivity index (χ0v) is 11.3. The van der Waals surface area contributed by atoms with E-state index in [0.29, 0.717) is 0 Å². The Labute approximate surface area is 118 Å². The van der Waals surface area contributed by atoms with Gasteiger partial charge in [-0.2, -0.15) is 0 Å². The lowest BCUT2D eigenvalue weighted by Crippen LogP contribution is -2.15. The highest BCUT2D eigenvalue weighted by Crippen LogP contribution is 2.33. The number of para-hydroxylation sites is 2. The fourth-order valence-electron chi connectivity index (χ4n) is 2.46. The van der Waals surface area contributed by atoms with Gasteiger partial charge >= 0.3 is 0 Å². The first kappa shape index (κ1) is 13.0. The number of ether oxygens (including phenoxy) is 2. The molecule has 2 aromatic rings. The third kappa shape index (κ3) is 2.78. The molecule has 20 heavy (non-hydrogen) atoms. The number of hydrogen-bond donors (Lipinski definition) is 1. The molecule has 0 saturated carbocycles. The van der Waals surface area contributed by atoms with Crippen LogP contribution in [0.4, 0.5) is 0 Å². The number of fused-ring (bicyclic) bond motifs is 1. The summed E-state index contributed by atoms with van der Waals surface area (Å²) in [7, 11) is 0. The van der Waals surface area contributed by atoms with E-state index >= 15 is 0 Å². The molecule has 2 aromatic carbocycles. The van der Waals surface area contributed by atoms with Crippen molar-refractivity contribution in [2.45, 2.75) is 18.9 Å². The number of hydrogen-bond acceptors (Lipinski definition) is 3. The Morgan fingerprint density at radius 2 is 1.95 bits per heavy atom. The monoisotopic (exact) mass is 270 g/mol. The lowest BCUT2D eigenvalue weighted by Gasteiger charge is -2.22. The highest BCUT2D eigenvalue weighted by Gasteiger charge is 2.19. The average molecular weight is 270 g/mol. The quantitative estimate of drug-likeness (QED) is 0.927. The molecular weight excluding hydrogens is 252 g/mol. The maximum absolute atomic E-state index is 10.3. The molecule has 1 aliphatic rings. The van der Waals surface area contributed by atoms with Crippen molar-refractivity contribution in [3.05, 3.63) is 59.7 Å². The first-order valence-corrected chi connectivity index (χ1v) is 6.95. The third-order valence-electron chi connectivity index (χ3n) is 3.47. The molecule has 1 aliphatic heterocycles. The minimum Gasteiger partial charge on any atom is -0.493 e. The Bertz CT molecular complexity index is 566. The lowest BCUT2D eigenvalue weighted by atomic mass is 9.99. The minimum atomic E-state index is -0.678. The standard InChI is InChI=1S/C17H18O3/c18-16(12-20-14-8-2-1-3-9-14)15-10-4-6-13-7-5-11-19-17(13)15/h1-4,6,8-10,16,18H,5,7,11-12H2. The second-order valence-corrected chi connectivity index (χ2v) is 4.93. The lowest BCUT2D eigenvalue weighted by molar-refractivity contribution is 0.104. The summed E-state index contributed by atoms with van der Waals surface area (Å²) in [5.74, 6) is 1.60. The van der Waals surface area contributed by atoms with Crippen molar-refractivity contribution >= 4 is 0 Å². The molecular formula is C17H18O3. The van der Waals surface area contributed by atoms with Crippen molar-refractivity contribution in [3.8, 4) is 11.5 Å². The Morgan fingerprint density at radius 1 is 1.10 bits per heavy atom. The van der Waals surface area contributed by atoms with E-state index in [2.05, 4.69) is 6.07 Å². The van der Waals surface area contributed by atoms with Crippen molar-refractivity contribution in [1.82, 2.24) is 0 Å². The molecule has 1 unspecified atom stereocenters. The van der Waals surface area contributed by atoms with E-state index in [4.69, 9.17) is 9.47 Å². The van der Waals surface area contributed by atoms with Crippen LogP contribution in [-0.4, -0.2) is 18.3 Å². The van der Waals surface area contributed by atoms with Crippen molar-refractivity contribution in [2.75, 3.05) is 13.2 Å². The summed E-state index contributed by atoms with van der Waals surface area (Å²) < 4.78 is 11.3. The molecule has 0 spiro atoms. The zero-order valence-electron chi connectivity index (χ0n) is 11.3. The molecule has 0 radical (unpaired) electrons. The van der Waals surface area contributed by atoms with Crippen LogP contribution in [-0.2, 0) is 6.42 Å². The molecule has 1 N–H and O–H groups in total. The maximum atomic E-state index is 10.3. The van der Waals surface area contributed by atoms with E-state index in [1.54, 1.807) is 0 Å². The van der Waals surface area contributed by atoms with Crippen LogP contribution < -0.4 is 9.47 Å². The van der Waals surface area contributed by atoms with Gasteiger partial charge in [-0.3, -0.25) is 0 Å². The SMILES string of the molecule is OC(COc1ccccc1)c1cccc2c1OCCC2. The van der Waals surface area contributed by atoms with E-state index in [1.165, 1.54) is 5.56 Å². The van der Waals surface area contributed by atoms with E-state index in [9.17, 15) is 5.11 Å². The van der Waals surface area contributed by atoms with Gasteiger partial charge in [-0.25, -0.2) is 0 Å². The smallest absolute Gasteiger partial charge is 0.128 e. The highest BCUT2D eigenvalue weighted by molar-refractivity contribution is 5.44. The first-order valence-electron chi connectivity index (χ1n) is 6.95. The molecule has 3 rings (SSSR count). The van der Waals surface area contributed by atoms with Crippen molar-refractivity contribution in [3.63, 3.8) is 0 Å². The average Bonchev–Trinajstić information content (AvgIpc) is 2.53. The largest absolute Gasteiger partial charge is 0.493 e. The Hall–Kier alpha value is -2.00. The number of aliphatic hydroxyl groups is 1. The van der Waals surface area contributed by atoms with Gasteiger partial charge in [0.1, 0.15) is 24.2 Å². The molecule has 0 fully saturated rings. The van der Waals surface area contributed by atoms with Crippen LogP contribution in [0.1, 0.15) is 23.7 Å². The molecule has 0 aliphatic carbocycles. The van der Waals surface area contributed by atoms with E-state index in [0.717, 1.165) is 36.5 Å². The summed E-state index contributed by atoms with van der Waals surface area (Å²) in [6.07, 6.45) is 1.37. The van der Waals surface area contributed by atoms with Gasteiger partial charge in [0.15, 0.2) is 0 Å². The van der Waals surface area contributed by atoms with Gasteiger partial charge in [0.05, 0.1) is 6.61 Å². The van der Waals surface area contributed by atoms with Crippen LogP contribution in [0.15, 0.2) is 48.5 Å². The Balaban J connectivity index is 1.72. The molecule has 0 aromatic heterocycles. The third-order valence-corrected chi connectivity index (χ3v) is 3.47. The maximum Gasteiger partial charge on any atom is 0.128 e. The van der Waals surface area contributed by atoms with Gasteiger partial charge in [0, 0.05) is 5.56 Å². The normalized spacial score (nSPS) is 15.1. The number of aliphatic hydroxyl groups excluding tert-OH is 1. The van der Waals surface area contributed by atoms with Crippen molar-refractivity contribution in [1.29, 1.82) is 0 Å². The van der Waals surface area contributed by atoms with E-state index in [1.807, 2.05) is 42.5 Å². The van der Waals surface area contributed by atoms with Crippen LogP contribution in [0.5, 0.6) is 11.5 Å². The molecule has 3 heteroatoms. The number of aryl methyl sites for hydroxylation is 1. The van der Waals surface area contributed by atoms with Crippen LogP contribution in [0, 0.1) is 0 Å². The molecule has 0 amide bonds. The zero-order chi connectivity index (χ0) is 13.8. The van der Waals surface area contributed by atoms with Crippen molar-refractivity contribution in [2.24, 2.45) is 0 Å². The van der Waals surface area contributed by atoms with E-state index < -0.39 is 6.10 Å². The van der Waals surface area contributed by atoms with Crippen LogP contribution >= 0.6 is 0 Å². The van der Waals surface area contributed by atoms with Gasteiger partial charge in [-0.05, 0) is 30.5 Å². The second kappa shape index (κ2) is 5.97. The predicted molar refractivity (Wildman–Crippen MR) is 77.2 cm³/mol. The molecule has 104 valence electrons. The predicted octanol–water partition coefficient (Wildman–Crippen LogP) is 3.12. The van der Waals surface area contributed by atoms with Gasteiger partial charge < -0.3 is 14.6 Å². The summed E-state index contributed by atoms with van der Waals surface area (Å²) in [6, 6.07) is 15.4. The van der Waals surface area contributed by atoms with Crippen LogP contribution in [0.2, 0.25) is 0 Å². The van der Waals surface area contributed by atoms with Gasteiger partial charge in [0.25, 0.3) is 0 Å². The molecule has 1 heterocycles. The summed E-state index contributed by atoms with van der Waals surface area (Å²) in [5.41, 5.74) is 1.99. The van der Waals surface area contributed by atoms with E-state index in [-0.39, 0.29) is 6.61 Å². The fourth-order valence-corrected chi connectivity index (χ4v) is 2.46. The highest BCUT2D eigenvalue weighted by atomic mass is 16.5. The minimum absolute atomic E-state index is 0.226. The summed E-state index contributed by atoms with van der Waals surface area (Å²) in [4.78, 5) is 0. The fraction of sp³-hybridized carbons (Fsp3) is 0.294. The van der Waals surface area contributed by atoms with Gasteiger partial charge in [0.2, 0.25) is 0 Å². The molecule has 1 atom stereocenters. The molecule has 3 nitrogen and oxygen atoms in total. The van der Waals surface area contributed by atoms with Gasteiger partial charge in [-0.15, -0.1) is 0 Å². The van der Waals surface area contributed by atoms with Crippen molar-refractivity contribution < 1.29 is 14.6 Å². The summed E-state index contributed by atoms with van der Waals surface area (Å²) >= 11 is 0. The van der Waals surface area contributed by atoms with Gasteiger partial charge in [-0.1, -0.05) is 36.4 Å². The van der Waals surface area contributed by atoms with Crippen LogP contribution in [0.3, 0.4) is 0 Å². The first-order chi connectivity index (χ1) is 9.84. The van der Waals surface area contributed by atoms with Crippen LogP contribution in [0.25, 0.3) is 0 Å². The number of rotatable bonds is 4. The topological polar surface area (TPSA) is 38.7 Å². The Kier molecular flexibility index (Phi) is 3.88. The molecule has 0 bridgehead atoms. The molecule has 0 saturated heterocycles. The summed E-state index contributed by atoms with van der Waals surface area (Å²) in [5, 5.41) is 10.3. The second-order valence-electron chi connectivity index (χ2n) is 4.93. The summed E-state index contributed by atoms with van der Waals surface area (Å²) in [6.45, 7) is 0.945.